The summed E-state index contributed by atoms with van der Waals surface area (Å²) in [7, 11) is 0. The molecule has 1 unspecified atom stereocenters. The number of carbonyl (C=O) groups is 2. The number of rotatable bonds is 7. The van der Waals surface area contributed by atoms with Crippen LogP contribution in [0.2, 0.25) is 0 Å². The summed E-state index contributed by atoms with van der Waals surface area (Å²) in [5, 5.41) is 18.6. The Hall–Kier alpha value is -3.48. The van der Waals surface area contributed by atoms with E-state index >= 15 is 0 Å². The molecule has 0 spiro atoms. The molecule has 3 amide bonds. The van der Waals surface area contributed by atoms with Crippen LogP contribution in [-0.4, -0.2) is 38.1 Å². The van der Waals surface area contributed by atoms with E-state index in [-0.39, 0.29) is 11.6 Å². The first kappa shape index (κ1) is 27.1. The third kappa shape index (κ3) is 6.07. The standard InChI is InChI=1S/C27H21Br2N5O4S/c28-20-7-2-17(3-8-20)14-24-25(35)33(26(39-24)18-4-9-21(29)10-5-18)27(36)30-12-1-13-32-23-15-22(34(37)38)11-6-19(23)16-31-32/h2-11,14-16,26H,1,12-13H2,(H,30,36)/b24-14-. The van der Waals surface area contributed by atoms with Gasteiger partial charge in [-0.05, 0) is 54.0 Å². The summed E-state index contributed by atoms with van der Waals surface area (Å²) >= 11 is 8.19. The van der Waals surface area contributed by atoms with Crippen molar-refractivity contribution < 1.29 is 14.5 Å². The SMILES string of the molecule is O=C(NCCCn1ncc2ccc([N+](=O)[O-])cc21)N1C(=O)/C(=C/c2ccc(Br)cc2)SC1c1ccc(Br)cc1. The Bertz CT molecular complexity index is 1590. The molecule has 5 rings (SSSR count). The second kappa shape index (κ2) is 11.7. The smallest absolute Gasteiger partial charge is 0.325 e. The van der Waals surface area contributed by atoms with Gasteiger partial charge in [0.05, 0.1) is 21.5 Å². The second-order valence-electron chi connectivity index (χ2n) is 8.71. The molecule has 1 atom stereocenters. The molecule has 1 aliphatic heterocycles. The number of carbonyl (C=O) groups excluding carboxylic acids is 2. The van der Waals surface area contributed by atoms with E-state index in [1.165, 1.54) is 28.8 Å². The van der Waals surface area contributed by atoms with Crippen molar-refractivity contribution in [2.45, 2.75) is 18.3 Å². The lowest BCUT2D eigenvalue weighted by Crippen LogP contribution is -2.42. The van der Waals surface area contributed by atoms with E-state index in [9.17, 15) is 19.7 Å². The molecule has 1 aromatic heterocycles. The zero-order chi connectivity index (χ0) is 27.5. The number of imide groups is 1. The highest BCUT2D eigenvalue weighted by atomic mass is 79.9. The molecule has 0 saturated carbocycles. The Balaban J connectivity index is 1.29. The minimum absolute atomic E-state index is 0.00595. The van der Waals surface area contributed by atoms with Crippen molar-refractivity contribution in [1.82, 2.24) is 20.0 Å². The molecule has 1 N–H and O–H groups in total. The average molecular weight is 671 g/mol. The molecular weight excluding hydrogens is 650 g/mol. The van der Waals surface area contributed by atoms with Gasteiger partial charge in [-0.3, -0.25) is 19.6 Å². The number of thioether (sulfide) groups is 1. The van der Waals surface area contributed by atoms with Crippen LogP contribution in [0.1, 0.15) is 22.9 Å². The van der Waals surface area contributed by atoms with Gasteiger partial charge in [0, 0.05) is 39.6 Å². The Morgan fingerprint density at radius 3 is 2.46 bits per heavy atom. The van der Waals surface area contributed by atoms with Gasteiger partial charge >= 0.3 is 6.03 Å². The summed E-state index contributed by atoms with van der Waals surface area (Å²) in [6, 6.07) is 19.2. The van der Waals surface area contributed by atoms with Gasteiger partial charge in [0.1, 0.15) is 5.37 Å². The van der Waals surface area contributed by atoms with E-state index in [1.807, 2.05) is 48.5 Å². The fourth-order valence-corrected chi connectivity index (χ4v) is 5.92. The maximum Gasteiger partial charge on any atom is 0.325 e. The molecule has 3 aromatic carbocycles. The van der Waals surface area contributed by atoms with Gasteiger partial charge in [0.15, 0.2) is 0 Å². The Morgan fingerprint density at radius 2 is 1.77 bits per heavy atom. The van der Waals surface area contributed by atoms with Crippen molar-refractivity contribution in [2.24, 2.45) is 0 Å². The molecular formula is C27H21Br2N5O4S. The number of aryl methyl sites for hydroxylation is 1. The van der Waals surface area contributed by atoms with Crippen LogP contribution in [-0.2, 0) is 11.3 Å². The summed E-state index contributed by atoms with van der Waals surface area (Å²) in [6.45, 7) is 0.737. The van der Waals surface area contributed by atoms with Gasteiger partial charge in [0.2, 0.25) is 0 Å². The number of fused-ring (bicyclic) bond motifs is 1. The number of nitrogens with zero attached hydrogens (tertiary/aromatic N) is 4. The lowest BCUT2D eigenvalue weighted by molar-refractivity contribution is -0.384. The number of urea groups is 1. The van der Waals surface area contributed by atoms with Crippen molar-refractivity contribution in [3.05, 3.63) is 108 Å². The highest BCUT2D eigenvalue weighted by Crippen LogP contribution is 2.46. The highest BCUT2D eigenvalue weighted by Gasteiger charge is 2.41. The first-order chi connectivity index (χ1) is 18.8. The van der Waals surface area contributed by atoms with Crippen LogP contribution in [0.4, 0.5) is 10.5 Å². The number of aromatic nitrogens is 2. The molecule has 1 saturated heterocycles. The molecule has 1 fully saturated rings. The number of amides is 3. The number of nitro groups is 1. The maximum atomic E-state index is 13.4. The first-order valence-electron chi connectivity index (χ1n) is 11.9. The van der Waals surface area contributed by atoms with E-state index in [2.05, 4.69) is 42.3 Å². The van der Waals surface area contributed by atoms with E-state index in [4.69, 9.17) is 0 Å². The number of hydrogen-bond acceptors (Lipinski definition) is 6. The molecule has 0 aliphatic carbocycles. The van der Waals surface area contributed by atoms with Crippen molar-refractivity contribution in [2.75, 3.05) is 6.54 Å². The fraction of sp³-hybridized carbons (Fsp3) is 0.148. The molecule has 4 aromatic rings. The van der Waals surface area contributed by atoms with E-state index in [0.717, 1.165) is 25.5 Å². The second-order valence-corrected chi connectivity index (χ2v) is 11.7. The monoisotopic (exact) mass is 669 g/mol. The molecule has 9 nitrogen and oxygen atoms in total. The molecule has 0 radical (unpaired) electrons. The van der Waals surface area contributed by atoms with Crippen LogP contribution in [0.3, 0.4) is 0 Å². The van der Waals surface area contributed by atoms with Crippen LogP contribution in [0, 0.1) is 10.1 Å². The Morgan fingerprint density at radius 1 is 1.08 bits per heavy atom. The van der Waals surface area contributed by atoms with Gasteiger partial charge in [-0.1, -0.05) is 67.9 Å². The van der Waals surface area contributed by atoms with Crippen LogP contribution in [0.15, 0.2) is 86.8 Å². The molecule has 12 heteroatoms. The first-order valence-corrected chi connectivity index (χ1v) is 14.4. The summed E-state index contributed by atoms with van der Waals surface area (Å²) in [5.41, 5.74) is 2.33. The predicted octanol–water partition coefficient (Wildman–Crippen LogP) is 6.88. The van der Waals surface area contributed by atoms with Gasteiger partial charge in [0.25, 0.3) is 11.6 Å². The molecule has 2 heterocycles. The Kier molecular flexibility index (Phi) is 8.15. The number of hydrogen-bond donors (Lipinski definition) is 1. The van der Waals surface area contributed by atoms with Crippen LogP contribution in [0.5, 0.6) is 0 Å². The van der Waals surface area contributed by atoms with Crippen molar-refractivity contribution in [3.63, 3.8) is 0 Å². The Labute approximate surface area is 244 Å². The summed E-state index contributed by atoms with van der Waals surface area (Å²) in [5.74, 6) is -0.362. The zero-order valence-corrected chi connectivity index (χ0v) is 24.3. The van der Waals surface area contributed by atoms with E-state index < -0.39 is 16.3 Å². The minimum atomic E-state index is -0.511. The van der Waals surface area contributed by atoms with Gasteiger partial charge in [-0.2, -0.15) is 5.10 Å². The third-order valence-corrected chi connectivity index (χ3v) is 8.42. The van der Waals surface area contributed by atoms with Crippen molar-refractivity contribution in [1.29, 1.82) is 0 Å². The quantitative estimate of drug-likeness (QED) is 0.0993. The van der Waals surface area contributed by atoms with Crippen LogP contribution >= 0.6 is 43.6 Å². The van der Waals surface area contributed by atoms with Crippen molar-refractivity contribution in [3.8, 4) is 0 Å². The maximum absolute atomic E-state index is 13.4. The summed E-state index contributed by atoms with van der Waals surface area (Å²) in [4.78, 5) is 39.1. The summed E-state index contributed by atoms with van der Waals surface area (Å²) < 4.78 is 3.51. The van der Waals surface area contributed by atoms with Crippen LogP contribution < -0.4 is 5.32 Å². The van der Waals surface area contributed by atoms with Crippen molar-refractivity contribution >= 4 is 78.2 Å². The third-order valence-electron chi connectivity index (χ3n) is 6.11. The van der Waals surface area contributed by atoms with Crippen LogP contribution in [0.25, 0.3) is 17.0 Å². The van der Waals surface area contributed by atoms with Gasteiger partial charge < -0.3 is 5.32 Å². The number of halogens is 2. The summed E-state index contributed by atoms with van der Waals surface area (Å²) in [6.07, 6.45) is 3.96. The molecule has 198 valence electrons. The molecule has 39 heavy (non-hydrogen) atoms. The number of nitrogens with one attached hydrogen (secondary N) is 1. The number of benzene rings is 3. The molecule has 1 aliphatic rings. The predicted molar refractivity (Wildman–Crippen MR) is 158 cm³/mol. The topological polar surface area (TPSA) is 110 Å². The fourth-order valence-electron chi connectivity index (χ4n) is 4.16. The number of nitro benzene ring substituents is 1. The average Bonchev–Trinajstić information content (AvgIpc) is 3.48. The minimum Gasteiger partial charge on any atom is -0.338 e. The zero-order valence-electron chi connectivity index (χ0n) is 20.3. The van der Waals surface area contributed by atoms with Gasteiger partial charge in [-0.15, -0.1) is 0 Å². The van der Waals surface area contributed by atoms with E-state index in [1.54, 1.807) is 23.0 Å². The van der Waals surface area contributed by atoms with E-state index in [0.29, 0.717) is 29.9 Å². The normalized spacial score (nSPS) is 16.3. The lowest BCUT2D eigenvalue weighted by Gasteiger charge is -2.22. The largest absolute Gasteiger partial charge is 0.338 e. The molecule has 0 bridgehead atoms. The lowest BCUT2D eigenvalue weighted by atomic mass is 10.2. The highest BCUT2D eigenvalue weighted by molar-refractivity contribution is 9.10. The number of non-ortho nitro benzene ring substituents is 1. The van der Waals surface area contributed by atoms with Gasteiger partial charge in [-0.25, -0.2) is 9.69 Å².